The molecule has 1 aromatic carbocycles. The first-order valence-corrected chi connectivity index (χ1v) is 8.29. The Kier molecular flexibility index (Phi) is 6.19. The van der Waals surface area contributed by atoms with Crippen molar-refractivity contribution < 1.29 is 4.39 Å². The molecule has 2 unspecified atom stereocenters. The zero-order chi connectivity index (χ0) is 15.2. The quantitative estimate of drug-likeness (QED) is 0.744. The van der Waals surface area contributed by atoms with E-state index in [4.69, 9.17) is 0 Å². The van der Waals surface area contributed by atoms with Gasteiger partial charge in [0, 0.05) is 24.7 Å². The smallest absolute Gasteiger partial charge is 0.127 e. The van der Waals surface area contributed by atoms with E-state index in [-0.39, 0.29) is 11.9 Å². The summed E-state index contributed by atoms with van der Waals surface area (Å²) in [5.74, 6) is 1.19. The van der Waals surface area contributed by atoms with Gasteiger partial charge < -0.3 is 10.2 Å². The summed E-state index contributed by atoms with van der Waals surface area (Å²) >= 11 is 0. The summed E-state index contributed by atoms with van der Waals surface area (Å²) in [4.78, 5) is 2.56. The summed E-state index contributed by atoms with van der Waals surface area (Å²) in [6.45, 7) is 7.85. The average molecular weight is 292 g/mol. The molecule has 0 aliphatic heterocycles. The third-order valence-electron chi connectivity index (χ3n) is 4.42. The molecule has 0 bridgehead atoms. The van der Waals surface area contributed by atoms with Crippen molar-refractivity contribution in [1.29, 1.82) is 0 Å². The lowest BCUT2D eigenvalue weighted by molar-refractivity contribution is 0.205. The van der Waals surface area contributed by atoms with Crippen molar-refractivity contribution in [2.24, 2.45) is 11.8 Å². The lowest BCUT2D eigenvalue weighted by atomic mass is 9.93. The molecule has 1 aliphatic carbocycles. The summed E-state index contributed by atoms with van der Waals surface area (Å²) in [5, 5.41) is 3.31. The molecule has 118 valence electrons. The standard InChI is InChI=1S/C18H29FN2/c1-4-11-21(13-15-9-10-15)12-14(2)18(20-3)16-7-5-6-8-17(16)19/h5-8,14-15,18,20H,4,9-13H2,1-3H3. The van der Waals surface area contributed by atoms with Crippen molar-refractivity contribution in [2.45, 2.75) is 39.2 Å². The van der Waals surface area contributed by atoms with Gasteiger partial charge >= 0.3 is 0 Å². The maximum atomic E-state index is 14.0. The van der Waals surface area contributed by atoms with Crippen molar-refractivity contribution >= 4 is 0 Å². The van der Waals surface area contributed by atoms with E-state index in [1.165, 1.54) is 25.8 Å². The second kappa shape index (κ2) is 7.90. The second-order valence-corrected chi connectivity index (χ2v) is 6.47. The average Bonchev–Trinajstić information content (AvgIpc) is 3.26. The van der Waals surface area contributed by atoms with E-state index in [9.17, 15) is 4.39 Å². The van der Waals surface area contributed by atoms with E-state index in [0.717, 1.165) is 24.6 Å². The Morgan fingerprint density at radius 3 is 2.62 bits per heavy atom. The van der Waals surface area contributed by atoms with Crippen LogP contribution in [0.2, 0.25) is 0 Å². The summed E-state index contributed by atoms with van der Waals surface area (Å²) in [6.07, 6.45) is 3.96. The predicted octanol–water partition coefficient (Wildman–Crippen LogP) is 3.84. The number of hydrogen-bond donors (Lipinski definition) is 1. The molecule has 0 heterocycles. The van der Waals surface area contributed by atoms with E-state index in [1.807, 2.05) is 19.2 Å². The maximum absolute atomic E-state index is 14.0. The molecule has 1 fully saturated rings. The van der Waals surface area contributed by atoms with Crippen LogP contribution in [0.25, 0.3) is 0 Å². The van der Waals surface area contributed by atoms with Crippen molar-refractivity contribution in [3.63, 3.8) is 0 Å². The van der Waals surface area contributed by atoms with Crippen molar-refractivity contribution in [1.82, 2.24) is 10.2 Å². The Hall–Kier alpha value is -0.930. The first kappa shape index (κ1) is 16.4. The molecule has 3 heteroatoms. The highest BCUT2D eigenvalue weighted by Gasteiger charge is 2.27. The zero-order valence-corrected chi connectivity index (χ0v) is 13.6. The molecule has 1 N–H and O–H groups in total. The van der Waals surface area contributed by atoms with Gasteiger partial charge in [0.2, 0.25) is 0 Å². The molecule has 0 spiro atoms. The van der Waals surface area contributed by atoms with E-state index < -0.39 is 0 Å². The minimum Gasteiger partial charge on any atom is -0.313 e. The Balaban J connectivity index is 2.00. The molecular weight excluding hydrogens is 263 g/mol. The Labute approximate surface area is 128 Å². The fourth-order valence-electron chi connectivity index (χ4n) is 3.23. The number of halogens is 1. The predicted molar refractivity (Wildman–Crippen MR) is 86.8 cm³/mol. The molecular formula is C18H29FN2. The summed E-state index contributed by atoms with van der Waals surface area (Å²) in [7, 11) is 1.93. The fraction of sp³-hybridized carbons (Fsp3) is 0.667. The fourth-order valence-corrected chi connectivity index (χ4v) is 3.23. The molecule has 2 atom stereocenters. The lowest BCUT2D eigenvalue weighted by Crippen LogP contribution is -2.36. The molecule has 0 amide bonds. The van der Waals surface area contributed by atoms with Gasteiger partial charge in [-0.15, -0.1) is 0 Å². The summed E-state index contributed by atoms with van der Waals surface area (Å²) < 4.78 is 14.0. The van der Waals surface area contributed by atoms with Crippen molar-refractivity contribution in [3.8, 4) is 0 Å². The highest BCUT2D eigenvalue weighted by molar-refractivity contribution is 5.21. The maximum Gasteiger partial charge on any atom is 0.127 e. The van der Waals surface area contributed by atoms with Crippen LogP contribution in [0.15, 0.2) is 24.3 Å². The van der Waals surface area contributed by atoms with Gasteiger partial charge in [-0.05, 0) is 50.8 Å². The van der Waals surface area contributed by atoms with Gasteiger partial charge in [-0.3, -0.25) is 0 Å². The van der Waals surface area contributed by atoms with Crippen LogP contribution in [0.1, 0.15) is 44.7 Å². The third kappa shape index (κ3) is 4.79. The molecule has 1 aliphatic rings. The SMILES string of the molecule is CCCN(CC1CC1)CC(C)C(NC)c1ccccc1F. The van der Waals surface area contributed by atoms with Crippen LogP contribution in [0.5, 0.6) is 0 Å². The molecule has 1 saturated carbocycles. The second-order valence-electron chi connectivity index (χ2n) is 6.47. The van der Waals surface area contributed by atoms with Crippen LogP contribution in [0.4, 0.5) is 4.39 Å². The number of nitrogens with one attached hydrogen (secondary N) is 1. The van der Waals surface area contributed by atoms with E-state index in [1.54, 1.807) is 12.1 Å². The Bertz CT molecular complexity index is 431. The van der Waals surface area contributed by atoms with Crippen LogP contribution in [-0.4, -0.2) is 31.6 Å². The number of nitrogens with zero attached hydrogens (tertiary/aromatic N) is 1. The highest BCUT2D eigenvalue weighted by atomic mass is 19.1. The minimum atomic E-state index is -0.104. The van der Waals surface area contributed by atoms with Gasteiger partial charge in [-0.25, -0.2) is 4.39 Å². The lowest BCUT2D eigenvalue weighted by Gasteiger charge is -2.30. The molecule has 0 radical (unpaired) electrons. The monoisotopic (exact) mass is 292 g/mol. The van der Waals surface area contributed by atoms with Crippen LogP contribution in [0.3, 0.4) is 0 Å². The first-order chi connectivity index (χ1) is 10.2. The van der Waals surface area contributed by atoms with E-state index in [2.05, 4.69) is 24.1 Å². The van der Waals surface area contributed by atoms with Gasteiger partial charge in [-0.2, -0.15) is 0 Å². The van der Waals surface area contributed by atoms with Gasteiger partial charge in [-0.1, -0.05) is 32.0 Å². The molecule has 1 aromatic rings. The van der Waals surface area contributed by atoms with E-state index >= 15 is 0 Å². The largest absolute Gasteiger partial charge is 0.313 e. The molecule has 21 heavy (non-hydrogen) atoms. The molecule has 0 aromatic heterocycles. The molecule has 2 nitrogen and oxygen atoms in total. The van der Waals surface area contributed by atoms with Gasteiger partial charge in [0.05, 0.1) is 0 Å². The number of rotatable bonds is 9. The topological polar surface area (TPSA) is 15.3 Å². The molecule has 0 saturated heterocycles. The first-order valence-electron chi connectivity index (χ1n) is 8.29. The third-order valence-corrected chi connectivity index (χ3v) is 4.42. The summed E-state index contributed by atoms with van der Waals surface area (Å²) in [5.41, 5.74) is 0.787. The van der Waals surface area contributed by atoms with Gasteiger partial charge in [0.25, 0.3) is 0 Å². The highest BCUT2D eigenvalue weighted by Crippen LogP contribution is 2.31. The summed E-state index contributed by atoms with van der Waals surface area (Å²) in [6, 6.07) is 7.21. The Morgan fingerprint density at radius 2 is 2.05 bits per heavy atom. The normalized spacial score (nSPS) is 18.0. The zero-order valence-electron chi connectivity index (χ0n) is 13.6. The molecule has 2 rings (SSSR count). The van der Waals surface area contributed by atoms with Crippen LogP contribution < -0.4 is 5.32 Å². The van der Waals surface area contributed by atoms with Gasteiger partial charge in [0.15, 0.2) is 0 Å². The van der Waals surface area contributed by atoms with Crippen LogP contribution >= 0.6 is 0 Å². The minimum absolute atomic E-state index is 0.0739. The van der Waals surface area contributed by atoms with Crippen molar-refractivity contribution in [3.05, 3.63) is 35.6 Å². The Morgan fingerprint density at radius 1 is 1.33 bits per heavy atom. The number of benzene rings is 1. The van der Waals surface area contributed by atoms with Crippen LogP contribution in [-0.2, 0) is 0 Å². The van der Waals surface area contributed by atoms with Crippen LogP contribution in [0, 0.1) is 17.7 Å². The van der Waals surface area contributed by atoms with Gasteiger partial charge in [0.1, 0.15) is 5.82 Å². The number of hydrogen-bond acceptors (Lipinski definition) is 2. The van der Waals surface area contributed by atoms with Crippen molar-refractivity contribution in [2.75, 3.05) is 26.7 Å². The van der Waals surface area contributed by atoms with E-state index in [0.29, 0.717) is 5.92 Å².